The smallest absolute Gasteiger partial charge is 0.142 e. The zero-order chi connectivity index (χ0) is 13.8. The van der Waals surface area contributed by atoms with Crippen LogP contribution in [-0.4, -0.2) is 36.7 Å². The fourth-order valence-corrected chi connectivity index (χ4v) is 2.58. The van der Waals surface area contributed by atoms with E-state index in [1.165, 1.54) is 0 Å². The van der Waals surface area contributed by atoms with Gasteiger partial charge in [0.05, 0.1) is 23.6 Å². The molecule has 0 aliphatic carbocycles. The highest BCUT2D eigenvalue weighted by molar-refractivity contribution is 7.13. The Kier molecular flexibility index (Phi) is 3.80. The van der Waals surface area contributed by atoms with Gasteiger partial charge in [-0.15, -0.1) is 16.4 Å². The zero-order valence-electron chi connectivity index (χ0n) is 10.7. The number of aliphatic hydroxyl groups excluding tert-OH is 1. The molecule has 3 heterocycles. The van der Waals surface area contributed by atoms with Crippen LogP contribution in [0.15, 0.2) is 36.0 Å². The van der Waals surface area contributed by atoms with Gasteiger partial charge in [-0.2, -0.15) is 0 Å². The Morgan fingerprint density at radius 1 is 1.25 bits per heavy atom. The molecule has 0 radical (unpaired) electrons. The normalized spacial score (nSPS) is 10.8. The molecule has 3 rings (SSSR count). The van der Waals surface area contributed by atoms with Crippen LogP contribution < -0.4 is 0 Å². The van der Waals surface area contributed by atoms with Crippen molar-refractivity contribution in [3.8, 4) is 10.7 Å². The number of nitrogens with zero attached hydrogens (tertiary/aromatic N) is 5. The SMILES string of the molecule is OCCc1cn(Cc2csc(-c3ccccn3)n2)nn1. The fourth-order valence-electron chi connectivity index (χ4n) is 1.80. The molecule has 0 spiro atoms. The van der Waals surface area contributed by atoms with Gasteiger partial charge in [-0.25, -0.2) is 9.67 Å². The number of rotatable bonds is 5. The second kappa shape index (κ2) is 5.89. The maximum absolute atomic E-state index is 8.85. The van der Waals surface area contributed by atoms with Crippen LogP contribution >= 0.6 is 11.3 Å². The van der Waals surface area contributed by atoms with Gasteiger partial charge >= 0.3 is 0 Å². The molecule has 0 saturated carbocycles. The number of hydrogen-bond acceptors (Lipinski definition) is 6. The van der Waals surface area contributed by atoms with Crippen LogP contribution in [0.2, 0.25) is 0 Å². The second-order valence-corrected chi connectivity index (χ2v) is 5.10. The second-order valence-electron chi connectivity index (χ2n) is 4.24. The molecule has 102 valence electrons. The average Bonchev–Trinajstić information content (AvgIpc) is 3.11. The van der Waals surface area contributed by atoms with Crippen LogP contribution in [0, 0.1) is 0 Å². The third-order valence-corrected chi connectivity index (χ3v) is 3.63. The van der Waals surface area contributed by atoms with Gasteiger partial charge in [-0.05, 0) is 12.1 Å². The van der Waals surface area contributed by atoms with E-state index in [-0.39, 0.29) is 6.61 Å². The third-order valence-electron chi connectivity index (χ3n) is 2.71. The Morgan fingerprint density at radius 2 is 2.20 bits per heavy atom. The lowest BCUT2D eigenvalue weighted by atomic mass is 10.3. The summed E-state index contributed by atoms with van der Waals surface area (Å²) in [5.74, 6) is 0. The van der Waals surface area contributed by atoms with Gasteiger partial charge in [-0.3, -0.25) is 4.98 Å². The largest absolute Gasteiger partial charge is 0.396 e. The maximum Gasteiger partial charge on any atom is 0.142 e. The lowest BCUT2D eigenvalue weighted by Gasteiger charge is -1.96. The van der Waals surface area contributed by atoms with Crippen molar-refractivity contribution < 1.29 is 5.11 Å². The standard InChI is InChI=1S/C13H13N5OS/c19-6-4-10-7-18(17-16-10)8-11-9-20-13(15-11)12-3-1-2-5-14-12/h1-3,5,7,9,19H,4,6,8H2. The summed E-state index contributed by atoms with van der Waals surface area (Å²) >= 11 is 1.56. The maximum atomic E-state index is 8.85. The van der Waals surface area contributed by atoms with E-state index in [9.17, 15) is 0 Å². The van der Waals surface area contributed by atoms with Crippen molar-refractivity contribution in [1.82, 2.24) is 25.0 Å². The zero-order valence-corrected chi connectivity index (χ0v) is 11.5. The van der Waals surface area contributed by atoms with Crippen molar-refractivity contribution >= 4 is 11.3 Å². The van der Waals surface area contributed by atoms with Crippen molar-refractivity contribution in [2.45, 2.75) is 13.0 Å². The van der Waals surface area contributed by atoms with Gasteiger partial charge < -0.3 is 5.11 Å². The Morgan fingerprint density at radius 3 is 3.00 bits per heavy atom. The summed E-state index contributed by atoms with van der Waals surface area (Å²) in [6, 6.07) is 5.77. The highest BCUT2D eigenvalue weighted by Gasteiger charge is 2.07. The summed E-state index contributed by atoms with van der Waals surface area (Å²) < 4.78 is 1.72. The van der Waals surface area contributed by atoms with Crippen LogP contribution in [0.3, 0.4) is 0 Å². The van der Waals surface area contributed by atoms with E-state index in [4.69, 9.17) is 5.11 Å². The molecule has 0 atom stereocenters. The lowest BCUT2D eigenvalue weighted by Crippen LogP contribution is -2.00. The highest BCUT2D eigenvalue weighted by Crippen LogP contribution is 2.21. The van der Waals surface area contributed by atoms with E-state index in [1.54, 1.807) is 22.2 Å². The third kappa shape index (κ3) is 2.89. The molecule has 0 unspecified atom stereocenters. The molecule has 0 saturated heterocycles. The molecule has 0 amide bonds. The minimum absolute atomic E-state index is 0.0826. The van der Waals surface area contributed by atoms with Crippen LogP contribution in [0.1, 0.15) is 11.4 Å². The fraction of sp³-hybridized carbons (Fsp3) is 0.231. The quantitative estimate of drug-likeness (QED) is 0.767. The molecule has 3 aromatic rings. The molecule has 1 N–H and O–H groups in total. The Bertz CT molecular complexity index is 679. The number of thiazole rings is 1. The summed E-state index contributed by atoms with van der Waals surface area (Å²) in [5, 5.41) is 19.8. The van der Waals surface area contributed by atoms with Crippen LogP contribution in [0.5, 0.6) is 0 Å². The van der Waals surface area contributed by atoms with Crippen molar-refractivity contribution in [1.29, 1.82) is 0 Å². The first-order valence-corrected chi connectivity index (χ1v) is 7.09. The summed E-state index contributed by atoms with van der Waals surface area (Å²) in [5.41, 5.74) is 2.59. The average molecular weight is 287 g/mol. The van der Waals surface area contributed by atoms with Gasteiger partial charge in [-0.1, -0.05) is 11.3 Å². The number of hydrogen-bond donors (Lipinski definition) is 1. The first-order chi connectivity index (χ1) is 9.85. The van der Waals surface area contributed by atoms with Gasteiger partial charge in [0.25, 0.3) is 0 Å². The minimum atomic E-state index is 0.0826. The summed E-state index contributed by atoms with van der Waals surface area (Å²) in [6.07, 6.45) is 4.11. The minimum Gasteiger partial charge on any atom is -0.396 e. The summed E-state index contributed by atoms with van der Waals surface area (Å²) in [7, 11) is 0. The van der Waals surface area contributed by atoms with Gasteiger partial charge in [0.15, 0.2) is 0 Å². The van der Waals surface area contributed by atoms with Crippen molar-refractivity contribution in [2.75, 3.05) is 6.61 Å². The molecule has 20 heavy (non-hydrogen) atoms. The molecule has 0 aliphatic heterocycles. The first kappa shape index (κ1) is 12.9. The molecule has 0 aliphatic rings. The van der Waals surface area contributed by atoms with Gasteiger partial charge in [0, 0.05) is 30.8 Å². The van der Waals surface area contributed by atoms with Crippen molar-refractivity contribution in [3.63, 3.8) is 0 Å². The molecule has 0 aromatic carbocycles. The topological polar surface area (TPSA) is 76.7 Å². The summed E-state index contributed by atoms with van der Waals surface area (Å²) in [4.78, 5) is 8.83. The van der Waals surface area contributed by atoms with Gasteiger partial charge in [0.2, 0.25) is 0 Å². The van der Waals surface area contributed by atoms with Crippen LogP contribution in [0.25, 0.3) is 10.7 Å². The molecular formula is C13H13N5OS. The molecular weight excluding hydrogens is 274 g/mol. The van der Waals surface area contributed by atoms with Crippen molar-refractivity contribution in [2.24, 2.45) is 0 Å². The van der Waals surface area contributed by atoms with Crippen LogP contribution in [0.4, 0.5) is 0 Å². The monoisotopic (exact) mass is 287 g/mol. The lowest BCUT2D eigenvalue weighted by molar-refractivity contribution is 0.298. The predicted molar refractivity (Wildman–Crippen MR) is 75.3 cm³/mol. The van der Waals surface area contributed by atoms with Crippen LogP contribution in [-0.2, 0) is 13.0 Å². The molecule has 3 aromatic heterocycles. The molecule has 0 fully saturated rings. The summed E-state index contributed by atoms with van der Waals surface area (Å²) in [6.45, 7) is 0.654. The molecule has 0 bridgehead atoms. The van der Waals surface area contributed by atoms with E-state index in [0.29, 0.717) is 13.0 Å². The number of aliphatic hydroxyl groups is 1. The molecule has 7 heteroatoms. The van der Waals surface area contributed by atoms with E-state index in [2.05, 4.69) is 20.3 Å². The predicted octanol–water partition coefficient (Wildman–Crippen LogP) is 1.38. The Balaban J connectivity index is 1.73. The van der Waals surface area contributed by atoms with E-state index in [0.717, 1.165) is 22.1 Å². The Hall–Kier alpha value is -2.12. The number of aromatic nitrogens is 5. The Labute approximate surface area is 119 Å². The number of pyridine rings is 1. The van der Waals surface area contributed by atoms with Gasteiger partial charge in [0.1, 0.15) is 5.01 Å². The van der Waals surface area contributed by atoms with E-state index < -0.39 is 0 Å². The molecule has 6 nitrogen and oxygen atoms in total. The van der Waals surface area contributed by atoms with Crippen molar-refractivity contribution in [3.05, 3.63) is 47.4 Å². The van der Waals surface area contributed by atoms with E-state index >= 15 is 0 Å². The highest BCUT2D eigenvalue weighted by atomic mass is 32.1. The van der Waals surface area contributed by atoms with E-state index in [1.807, 2.05) is 29.8 Å². The first-order valence-electron chi connectivity index (χ1n) is 6.21.